The third kappa shape index (κ3) is 4.50. The summed E-state index contributed by atoms with van der Waals surface area (Å²) in [5, 5.41) is 32.0. The highest BCUT2D eigenvalue weighted by Gasteiger charge is 2.47. The number of nitrogens with zero attached hydrogens (tertiary/aromatic N) is 1. The fourth-order valence-corrected chi connectivity index (χ4v) is 3.01. The summed E-state index contributed by atoms with van der Waals surface area (Å²) in [6, 6.07) is 0.546. The second-order valence-corrected chi connectivity index (χ2v) is 6.60. The standard InChI is InChI=1S/C14H21N3O7S/c1-25-5-3-7(6-18)15-12(22)11-9(20)10(21)13(24-11)17-4-2-8(19)16-14(17)23/h2,4,7,9-11,13,18,20-21H,3,5-6H2,1H3,(H,15,22)(H,16,19,23)/t7-,9-,10+,11-,13+/m0/s1. The van der Waals surface area contributed by atoms with Crippen LogP contribution < -0.4 is 16.6 Å². The number of aromatic amines is 1. The summed E-state index contributed by atoms with van der Waals surface area (Å²) in [5.74, 6) is 0.0177. The highest BCUT2D eigenvalue weighted by molar-refractivity contribution is 7.98. The molecule has 2 heterocycles. The molecule has 0 radical (unpaired) electrons. The summed E-state index contributed by atoms with van der Waals surface area (Å²) in [4.78, 5) is 37.2. The molecule has 11 heteroatoms. The average Bonchev–Trinajstić information content (AvgIpc) is 2.87. The third-order valence-corrected chi connectivity index (χ3v) is 4.50. The van der Waals surface area contributed by atoms with Crippen molar-refractivity contribution in [2.75, 3.05) is 18.6 Å². The largest absolute Gasteiger partial charge is 0.394 e. The van der Waals surface area contributed by atoms with E-state index in [9.17, 15) is 29.7 Å². The maximum absolute atomic E-state index is 12.3. The van der Waals surface area contributed by atoms with Crippen LogP contribution in [0, 0.1) is 0 Å². The van der Waals surface area contributed by atoms with Crippen molar-refractivity contribution >= 4 is 17.7 Å². The van der Waals surface area contributed by atoms with Gasteiger partial charge in [0.05, 0.1) is 12.6 Å². The molecule has 0 aromatic carbocycles. The molecule has 2 rings (SSSR count). The van der Waals surface area contributed by atoms with Crippen molar-refractivity contribution in [3.8, 4) is 0 Å². The summed E-state index contributed by atoms with van der Waals surface area (Å²) >= 11 is 1.56. The average molecular weight is 375 g/mol. The van der Waals surface area contributed by atoms with Crippen LogP contribution in [0.2, 0.25) is 0 Å². The topological polar surface area (TPSA) is 154 Å². The van der Waals surface area contributed by atoms with E-state index < -0.39 is 47.7 Å². The van der Waals surface area contributed by atoms with Gasteiger partial charge in [-0.15, -0.1) is 0 Å². The van der Waals surface area contributed by atoms with Crippen LogP contribution in [0.1, 0.15) is 12.6 Å². The van der Waals surface area contributed by atoms with Crippen molar-refractivity contribution in [1.29, 1.82) is 0 Å². The highest BCUT2D eigenvalue weighted by Crippen LogP contribution is 2.28. The fraction of sp³-hybridized carbons (Fsp3) is 0.643. The molecule has 5 atom stereocenters. The number of rotatable bonds is 7. The molecule has 0 saturated carbocycles. The lowest BCUT2D eigenvalue weighted by Gasteiger charge is -2.20. The quantitative estimate of drug-likeness (QED) is 0.347. The number of amides is 1. The van der Waals surface area contributed by atoms with Crippen LogP contribution in [-0.4, -0.2) is 73.7 Å². The lowest BCUT2D eigenvalue weighted by Crippen LogP contribution is -2.47. The highest BCUT2D eigenvalue weighted by atomic mass is 32.2. The van der Waals surface area contributed by atoms with Crippen molar-refractivity contribution in [2.24, 2.45) is 0 Å². The molecule has 0 aliphatic carbocycles. The maximum atomic E-state index is 12.3. The molecule has 1 aromatic rings. The SMILES string of the molecule is CSCC[C@@H](CO)NC(=O)[C@H]1O[C@@H](n2ccc(=O)[nH]c2=O)[C@H](O)[C@@H]1O. The number of aliphatic hydroxyl groups is 3. The van der Waals surface area contributed by atoms with Crippen molar-refractivity contribution < 1.29 is 24.9 Å². The summed E-state index contributed by atoms with van der Waals surface area (Å²) in [7, 11) is 0. The summed E-state index contributed by atoms with van der Waals surface area (Å²) in [6.07, 6.45) is -2.32. The molecule has 1 aromatic heterocycles. The van der Waals surface area contributed by atoms with Gasteiger partial charge in [-0.3, -0.25) is 19.1 Å². The van der Waals surface area contributed by atoms with E-state index >= 15 is 0 Å². The summed E-state index contributed by atoms with van der Waals surface area (Å²) in [6.45, 7) is -0.277. The predicted octanol–water partition coefficient (Wildman–Crippen LogP) is -2.61. The van der Waals surface area contributed by atoms with Gasteiger partial charge in [-0.25, -0.2) is 4.79 Å². The molecule has 25 heavy (non-hydrogen) atoms. The Kier molecular flexibility index (Phi) is 6.79. The van der Waals surface area contributed by atoms with Gasteiger partial charge in [0.1, 0.15) is 12.2 Å². The van der Waals surface area contributed by atoms with E-state index in [-0.39, 0.29) is 6.61 Å². The van der Waals surface area contributed by atoms with E-state index in [1.54, 1.807) is 11.8 Å². The number of ether oxygens (including phenoxy) is 1. The van der Waals surface area contributed by atoms with Gasteiger partial charge in [0.25, 0.3) is 11.5 Å². The van der Waals surface area contributed by atoms with E-state index in [2.05, 4.69) is 5.32 Å². The van der Waals surface area contributed by atoms with E-state index in [0.29, 0.717) is 6.42 Å². The molecule has 1 aliphatic heterocycles. The van der Waals surface area contributed by atoms with E-state index in [4.69, 9.17) is 4.74 Å². The van der Waals surface area contributed by atoms with Crippen LogP contribution in [0.25, 0.3) is 0 Å². The van der Waals surface area contributed by atoms with Crippen LogP contribution in [0.15, 0.2) is 21.9 Å². The molecule has 0 bridgehead atoms. The second-order valence-electron chi connectivity index (χ2n) is 5.62. The third-order valence-electron chi connectivity index (χ3n) is 3.86. The number of carbonyl (C=O) groups is 1. The van der Waals surface area contributed by atoms with Crippen molar-refractivity contribution in [3.63, 3.8) is 0 Å². The van der Waals surface area contributed by atoms with E-state index in [1.807, 2.05) is 11.2 Å². The van der Waals surface area contributed by atoms with Crippen LogP contribution in [0.4, 0.5) is 0 Å². The zero-order chi connectivity index (χ0) is 18.6. The number of hydrogen-bond donors (Lipinski definition) is 5. The normalized spacial score (nSPS) is 27.2. The van der Waals surface area contributed by atoms with Gasteiger partial charge in [0.15, 0.2) is 12.3 Å². The van der Waals surface area contributed by atoms with Crippen molar-refractivity contribution in [1.82, 2.24) is 14.9 Å². The Balaban J connectivity index is 2.11. The lowest BCUT2D eigenvalue weighted by atomic mass is 10.1. The predicted molar refractivity (Wildman–Crippen MR) is 89.3 cm³/mol. The Morgan fingerprint density at radius 3 is 2.76 bits per heavy atom. The molecule has 0 unspecified atom stereocenters. The second kappa shape index (κ2) is 8.63. The van der Waals surface area contributed by atoms with Gasteiger partial charge in [-0.1, -0.05) is 0 Å². The number of thioether (sulfide) groups is 1. The van der Waals surface area contributed by atoms with Crippen molar-refractivity contribution in [3.05, 3.63) is 33.1 Å². The molecule has 1 fully saturated rings. The number of carbonyl (C=O) groups excluding carboxylic acids is 1. The summed E-state index contributed by atoms with van der Waals surface area (Å²) in [5.41, 5.74) is -1.46. The number of H-pyrrole nitrogens is 1. The molecular formula is C14H21N3O7S. The molecule has 1 aliphatic rings. The minimum atomic E-state index is -1.57. The van der Waals surface area contributed by atoms with Crippen LogP contribution in [0.5, 0.6) is 0 Å². The number of hydrogen-bond acceptors (Lipinski definition) is 8. The number of nitrogens with one attached hydrogen (secondary N) is 2. The molecule has 5 N–H and O–H groups in total. The molecule has 10 nitrogen and oxygen atoms in total. The minimum absolute atomic E-state index is 0.277. The van der Waals surface area contributed by atoms with E-state index in [0.717, 1.165) is 22.6 Å². The Labute approximate surface area is 146 Å². The lowest BCUT2D eigenvalue weighted by molar-refractivity contribution is -0.139. The molecule has 1 amide bonds. The van der Waals surface area contributed by atoms with Gasteiger partial charge in [0, 0.05) is 12.3 Å². The Bertz CT molecular complexity index is 706. The Morgan fingerprint density at radius 2 is 2.16 bits per heavy atom. The zero-order valence-electron chi connectivity index (χ0n) is 13.5. The van der Waals surface area contributed by atoms with Crippen LogP contribution in [-0.2, 0) is 9.53 Å². The molecule has 140 valence electrons. The summed E-state index contributed by atoms with van der Waals surface area (Å²) < 4.78 is 6.24. The monoisotopic (exact) mass is 375 g/mol. The first-order valence-corrected chi connectivity index (χ1v) is 9.01. The first-order chi connectivity index (χ1) is 11.9. The van der Waals surface area contributed by atoms with Crippen LogP contribution in [0.3, 0.4) is 0 Å². The Hall–Kier alpha value is -1.66. The number of aromatic nitrogens is 2. The van der Waals surface area contributed by atoms with Gasteiger partial charge in [0.2, 0.25) is 0 Å². The molecular weight excluding hydrogens is 354 g/mol. The minimum Gasteiger partial charge on any atom is -0.394 e. The van der Waals surface area contributed by atoms with Crippen LogP contribution >= 0.6 is 11.8 Å². The van der Waals surface area contributed by atoms with Gasteiger partial charge in [-0.05, 0) is 18.4 Å². The van der Waals surface area contributed by atoms with E-state index in [1.165, 1.54) is 0 Å². The fourth-order valence-electron chi connectivity index (χ4n) is 2.49. The van der Waals surface area contributed by atoms with Gasteiger partial charge >= 0.3 is 5.69 Å². The first kappa shape index (κ1) is 19.7. The molecule has 0 spiro atoms. The zero-order valence-corrected chi connectivity index (χ0v) is 14.3. The van der Waals surface area contributed by atoms with Gasteiger partial charge in [-0.2, -0.15) is 11.8 Å². The molecule has 1 saturated heterocycles. The van der Waals surface area contributed by atoms with Crippen molar-refractivity contribution in [2.45, 2.75) is 37.0 Å². The van der Waals surface area contributed by atoms with Gasteiger partial charge < -0.3 is 25.4 Å². The Morgan fingerprint density at radius 1 is 1.44 bits per heavy atom. The number of aliphatic hydroxyl groups excluding tert-OH is 3. The maximum Gasteiger partial charge on any atom is 0.330 e. The smallest absolute Gasteiger partial charge is 0.330 e. The first-order valence-electron chi connectivity index (χ1n) is 7.62.